The fourth-order valence-corrected chi connectivity index (χ4v) is 0.667. The van der Waals surface area contributed by atoms with Gasteiger partial charge in [0.05, 0.1) is 7.11 Å². The molecule has 0 saturated heterocycles. The van der Waals surface area contributed by atoms with E-state index in [4.69, 9.17) is 14.4 Å². The van der Waals surface area contributed by atoms with Gasteiger partial charge in [0.1, 0.15) is 5.75 Å². The Morgan fingerprint density at radius 2 is 2.45 bits per heavy atom. The fraction of sp³-hybridized carbons (Fsp3) is 0.167. The lowest BCUT2D eigenvalue weighted by Crippen LogP contribution is -2.00. The van der Waals surface area contributed by atoms with Crippen LogP contribution in [0.1, 0.15) is 0 Å². The number of ether oxygens (including phenoxy) is 1. The summed E-state index contributed by atoms with van der Waals surface area (Å²) in [6.45, 7) is 0. The van der Waals surface area contributed by atoms with Crippen molar-refractivity contribution in [1.29, 1.82) is 0 Å². The van der Waals surface area contributed by atoms with Gasteiger partial charge in [-0.3, -0.25) is 0 Å². The summed E-state index contributed by atoms with van der Waals surface area (Å²) >= 11 is 0. The van der Waals surface area contributed by atoms with Gasteiger partial charge in [-0.05, 0) is 6.07 Å². The zero-order chi connectivity index (χ0) is 8.10. The maximum Gasteiger partial charge on any atom is 0.504 e. The van der Waals surface area contributed by atoms with Crippen LogP contribution in [-0.2, 0) is 0 Å². The Morgan fingerprint density at radius 1 is 1.64 bits per heavy atom. The summed E-state index contributed by atoms with van der Waals surface area (Å²) in [5.41, 5.74) is 0. The highest BCUT2D eigenvalue weighted by Crippen LogP contribution is 2.14. The van der Waals surface area contributed by atoms with Crippen LogP contribution in [0.5, 0.6) is 11.6 Å². The lowest BCUT2D eigenvalue weighted by Gasteiger charge is -2.02. The van der Waals surface area contributed by atoms with Crippen molar-refractivity contribution < 1.29 is 14.4 Å². The van der Waals surface area contributed by atoms with E-state index in [-0.39, 0.29) is 7.69 Å². The molecule has 0 saturated carbocycles. The van der Waals surface area contributed by atoms with Crippen LogP contribution in [0.4, 0.5) is 0 Å². The molecule has 1 N–H and O–H groups in total. The molecule has 0 atom stereocenters. The Morgan fingerprint density at radius 3 is 3.09 bits per heavy atom. The van der Waals surface area contributed by atoms with Crippen LogP contribution < -0.4 is 9.39 Å². The number of hydrogen-bond acceptors (Lipinski definition) is 4. The van der Waals surface area contributed by atoms with Crippen molar-refractivity contribution in [3.8, 4) is 11.6 Å². The van der Waals surface area contributed by atoms with E-state index in [1.165, 1.54) is 7.11 Å². The molecule has 0 radical (unpaired) electrons. The minimum Gasteiger partial charge on any atom is -0.539 e. The molecule has 58 valence electrons. The van der Waals surface area contributed by atoms with Crippen molar-refractivity contribution >= 4 is 7.69 Å². The molecule has 1 heterocycles. The van der Waals surface area contributed by atoms with Crippen molar-refractivity contribution in [3.05, 3.63) is 18.3 Å². The Labute approximate surface area is 65.1 Å². The molecule has 4 nitrogen and oxygen atoms in total. The quantitative estimate of drug-likeness (QED) is 0.607. The average Bonchev–Trinajstić information content (AvgIpc) is 2.06. The molecule has 11 heavy (non-hydrogen) atoms. The molecule has 0 aliphatic carbocycles. The van der Waals surface area contributed by atoms with E-state index >= 15 is 0 Å². The third-order valence-corrected chi connectivity index (χ3v) is 1.15. The molecule has 0 aliphatic heterocycles. The van der Waals surface area contributed by atoms with Crippen LogP contribution in [0.2, 0.25) is 0 Å². The molecular weight excluding hydrogens is 145 g/mol. The van der Waals surface area contributed by atoms with Crippen LogP contribution in [0.25, 0.3) is 0 Å². The molecule has 0 fully saturated rings. The largest absolute Gasteiger partial charge is 0.539 e. The van der Waals surface area contributed by atoms with Gasteiger partial charge in [-0.25, -0.2) is 4.98 Å². The number of pyridine rings is 1. The molecule has 0 aliphatic rings. The third kappa shape index (κ3) is 2.12. The smallest absolute Gasteiger partial charge is 0.504 e. The first-order chi connectivity index (χ1) is 5.36. The maximum atomic E-state index is 8.40. The molecule has 0 amide bonds. The van der Waals surface area contributed by atoms with E-state index in [0.29, 0.717) is 11.6 Å². The van der Waals surface area contributed by atoms with Gasteiger partial charge in [-0.1, -0.05) is 0 Å². The number of methoxy groups -OCH3 is 1. The second-order valence-corrected chi connectivity index (χ2v) is 1.81. The molecular formula is C6H8BNO3. The first-order valence-corrected chi connectivity index (χ1v) is 3.10. The number of nitrogens with zero attached hydrogens (tertiary/aromatic N) is 1. The predicted molar refractivity (Wildman–Crippen MR) is 40.8 cm³/mol. The molecule has 0 spiro atoms. The van der Waals surface area contributed by atoms with E-state index in [1.807, 2.05) is 0 Å². The van der Waals surface area contributed by atoms with Crippen molar-refractivity contribution in [2.24, 2.45) is 0 Å². The summed E-state index contributed by atoms with van der Waals surface area (Å²) in [7, 11) is 1.18. The van der Waals surface area contributed by atoms with E-state index in [0.717, 1.165) is 0 Å². The summed E-state index contributed by atoms with van der Waals surface area (Å²) in [5, 5.41) is 8.40. The highest BCUT2D eigenvalue weighted by molar-refractivity contribution is 6.17. The van der Waals surface area contributed by atoms with Gasteiger partial charge in [0.2, 0.25) is 5.88 Å². The summed E-state index contributed by atoms with van der Waals surface area (Å²) in [5.74, 6) is 1.01. The minimum absolute atomic E-state index is 0.340. The lowest BCUT2D eigenvalue weighted by molar-refractivity contribution is 0.393. The molecule has 0 aromatic carbocycles. The highest BCUT2D eigenvalue weighted by Gasteiger charge is 1.95. The Bertz CT molecular complexity index is 231. The summed E-state index contributed by atoms with van der Waals surface area (Å²) < 4.78 is 9.61. The second kappa shape index (κ2) is 3.83. The molecule has 1 rings (SSSR count). The molecule has 0 bridgehead atoms. The van der Waals surface area contributed by atoms with E-state index in [9.17, 15) is 0 Å². The summed E-state index contributed by atoms with van der Waals surface area (Å²) in [6.07, 6.45) is 1.55. The van der Waals surface area contributed by atoms with Gasteiger partial charge in [-0.15, -0.1) is 0 Å². The zero-order valence-corrected chi connectivity index (χ0v) is 6.15. The van der Waals surface area contributed by atoms with Crippen LogP contribution in [-0.4, -0.2) is 24.8 Å². The zero-order valence-electron chi connectivity index (χ0n) is 6.15. The predicted octanol–water partition coefficient (Wildman–Crippen LogP) is -0.272. The van der Waals surface area contributed by atoms with Gasteiger partial charge in [-0.2, -0.15) is 0 Å². The van der Waals surface area contributed by atoms with Crippen LogP contribution >= 0.6 is 0 Å². The monoisotopic (exact) mass is 153 g/mol. The number of rotatable bonds is 3. The highest BCUT2D eigenvalue weighted by atomic mass is 16.5. The first-order valence-electron chi connectivity index (χ1n) is 3.10. The van der Waals surface area contributed by atoms with Crippen LogP contribution in [0, 0.1) is 0 Å². The molecule has 1 aromatic heterocycles. The maximum absolute atomic E-state index is 8.40. The molecule has 0 unspecified atom stereocenters. The van der Waals surface area contributed by atoms with E-state index < -0.39 is 0 Å². The first kappa shape index (κ1) is 7.88. The standard InChI is InChI=1S/C6H8BNO3/c1-10-6-4-5(11-7-9)2-3-8-6/h2-4,7,9H,1H3. The van der Waals surface area contributed by atoms with Crippen molar-refractivity contribution in [1.82, 2.24) is 4.98 Å². The van der Waals surface area contributed by atoms with Gasteiger partial charge >= 0.3 is 7.69 Å². The summed E-state index contributed by atoms with van der Waals surface area (Å²) in [6, 6.07) is 3.23. The topological polar surface area (TPSA) is 51.6 Å². The summed E-state index contributed by atoms with van der Waals surface area (Å²) in [4.78, 5) is 3.86. The van der Waals surface area contributed by atoms with Gasteiger partial charge in [0, 0.05) is 12.3 Å². The molecule has 5 heteroatoms. The van der Waals surface area contributed by atoms with Crippen LogP contribution in [0.15, 0.2) is 18.3 Å². The van der Waals surface area contributed by atoms with Crippen molar-refractivity contribution in [2.75, 3.05) is 7.11 Å². The average molecular weight is 153 g/mol. The second-order valence-electron chi connectivity index (χ2n) is 1.81. The molecule has 1 aromatic rings. The third-order valence-electron chi connectivity index (χ3n) is 1.15. The van der Waals surface area contributed by atoms with E-state index in [1.54, 1.807) is 18.3 Å². The lowest BCUT2D eigenvalue weighted by atomic mass is 10.3. The van der Waals surface area contributed by atoms with Crippen LogP contribution in [0.3, 0.4) is 0 Å². The van der Waals surface area contributed by atoms with Crippen molar-refractivity contribution in [2.45, 2.75) is 0 Å². The Kier molecular flexibility index (Phi) is 2.74. The fourth-order valence-electron chi connectivity index (χ4n) is 0.667. The van der Waals surface area contributed by atoms with Gasteiger partial charge in [0.25, 0.3) is 0 Å². The minimum atomic E-state index is -0.340. The SMILES string of the molecule is COc1cc(OBO)ccn1. The van der Waals surface area contributed by atoms with Gasteiger partial charge < -0.3 is 14.4 Å². The Hall–Kier alpha value is -1.23. The Balaban J connectivity index is 2.74. The van der Waals surface area contributed by atoms with Gasteiger partial charge in [0.15, 0.2) is 0 Å². The normalized spacial score (nSPS) is 8.91. The number of aromatic nitrogens is 1. The number of hydrogen-bond donors (Lipinski definition) is 1. The van der Waals surface area contributed by atoms with Crippen molar-refractivity contribution in [3.63, 3.8) is 0 Å². The van der Waals surface area contributed by atoms with E-state index in [2.05, 4.69) is 4.98 Å².